The number of hydrogen-bond acceptors (Lipinski definition) is 4. The quantitative estimate of drug-likeness (QED) is 0.627. The van der Waals surface area contributed by atoms with Gasteiger partial charge in [0.1, 0.15) is 11.5 Å². The summed E-state index contributed by atoms with van der Waals surface area (Å²) in [6.45, 7) is 4.16. The second-order valence-electron chi connectivity index (χ2n) is 6.52. The molecule has 0 aliphatic heterocycles. The Labute approximate surface area is 171 Å². The summed E-state index contributed by atoms with van der Waals surface area (Å²) in [4.78, 5) is 16.5. The molecule has 0 spiro atoms. The lowest BCUT2D eigenvalue weighted by atomic mass is 10.1. The van der Waals surface area contributed by atoms with Gasteiger partial charge in [0.05, 0.1) is 11.4 Å². The molecule has 28 heavy (non-hydrogen) atoms. The summed E-state index contributed by atoms with van der Waals surface area (Å²) < 4.78 is 18.1. The number of halogens is 1. The molecule has 0 aliphatic rings. The summed E-state index contributed by atoms with van der Waals surface area (Å²) in [5.74, 6) is 0.940. The number of nitrogens with one attached hydrogen (secondary N) is 1. The minimum absolute atomic E-state index is 0.0837. The largest absolute Gasteiger partial charge is 0.441 e. The molecule has 1 atom stereocenters. The number of nitrogens with zero attached hydrogens (tertiary/aromatic N) is 1. The van der Waals surface area contributed by atoms with Crippen LogP contribution in [0.25, 0.3) is 11.5 Å². The number of oxazole rings is 1. The molecule has 1 amide bonds. The van der Waals surface area contributed by atoms with E-state index in [1.165, 1.54) is 0 Å². The van der Waals surface area contributed by atoms with Gasteiger partial charge in [0.2, 0.25) is 11.8 Å². The third-order valence-corrected chi connectivity index (χ3v) is 5.58. The molecule has 1 N–H and O–H groups in total. The Morgan fingerprint density at radius 3 is 2.64 bits per heavy atom. The van der Waals surface area contributed by atoms with Crippen molar-refractivity contribution in [2.24, 2.45) is 0 Å². The lowest BCUT2D eigenvalue weighted by Crippen LogP contribution is -2.28. The molecule has 0 unspecified atom stereocenters. The maximum Gasteiger partial charge on any atom is 0.232 e. The van der Waals surface area contributed by atoms with Gasteiger partial charge in [-0.05, 0) is 43.7 Å². The Bertz CT molecular complexity index is 999. The summed E-state index contributed by atoms with van der Waals surface area (Å²) in [6, 6.07) is 15.0. The third kappa shape index (κ3) is 5.53. The van der Waals surface area contributed by atoms with Crippen molar-refractivity contribution in [3.8, 4) is 11.5 Å². The van der Waals surface area contributed by atoms with Gasteiger partial charge in [0.15, 0.2) is 0 Å². The predicted octanol–water partition coefficient (Wildman–Crippen LogP) is 4.18. The van der Waals surface area contributed by atoms with Gasteiger partial charge < -0.3 is 9.73 Å². The standard InChI is InChI=1S/C21H21ClN2O3S/c1-14-4-3-5-17(10-14)21-24-19(15(2)27-21)12-28(26)13-20(25)23-11-16-6-8-18(22)9-7-16/h3-10H,11-13H2,1-2H3,(H,23,25)/t28-/m1/s1. The summed E-state index contributed by atoms with van der Waals surface area (Å²) in [5, 5.41) is 3.41. The minimum atomic E-state index is -1.38. The highest BCUT2D eigenvalue weighted by Crippen LogP contribution is 2.23. The van der Waals surface area contributed by atoms with Gasteiger partial charge in [-0.15, -0.1) is 0 Å². The van der Waals surface area contributed by atoms with Crippen LogP contribution in [-0.4, -0.2) is 20.9 Å². The second kappa shape index (κ2) is 9.17. The zero-order valence-electron chi connectivity index (χ0n) is 15.7. The van der Waals surface area contributed by atoms with E-state index in [0.29, 0.717) is 28.9 Å². The van der Waals surface area contributed by atoms with Crippen molar-refractivity contribution in [1.29, 1.82) is 0 Å². The Hall–Kier alpha value is -2.44. The van der Waals surface area contributed by atoms with Crippen LogP contribution < -0.4 is 5.32 Å². The van der Waals surface area contributed by atoms with E-state index in [1.54, 1.807) is 19.1 Å². The molecular weight excluding hydrogens is 396 g/mol. The Balaban J connectivity index is 1.55. The fourth-order valence-electron chi connectivity index (χ4n) is 2.67. The lowest BCUT2D eigenvalue weighted by molar-refractivity contribution is -0.118. The van der Waals surface area contributed by atoms with Crippen LogP contribution in [0.2, 0.25) is 5.02 Å². The SMILES string of the molecule is Cc1cccc(-c2nc(C[S@@](=O)CC(=O)NCc3ccc(Cl)cc3)c(C)o2)c1. The topological polar surface area (TPSA) is 72.2 Å². The fraction of sp³-hybridized carbons (Fsp3) is 0.238. The molecule has 0 saturated heterocycles. The smallest absolute Gasteiger partial charge is 0.232 e. The number of carbonyl (C=O) groups is 1. The molecular formula is C21H21ClN2O3S. The normalized spacial score (nSPS) is 12.0. The molecule has 0 saturated carbocycles. The van der Waals surface area contributed by atoms with Gasteiger partial charge in [-0.3, -0.25) is 9.00 Å². The molecule has 146 valence electrons. The number of aryl methyl sites for hydroxylation is 2. The number of rotatable bonds is 7. The van der Waals surface area contributed by atoms with E-state index in [2.05, 4.69) is 10.3 Å². The first kappa shape index (κ1) is 20.3. The van der Waals surface area contributed by atoms with Gasteiger partial charge in [-0.1, -0.05) is 41.4 Å². The molecule has 1 heterocycles. The molecule has 0 aliphatic carbocycles. The molecule has 5 nitrogen and oxygen atoms in total. The van der Waals surface area contributed by atoms with Gasteiger partial charge in [0, 0.05) is 27.9 Å². The monoisotopic (exact) mass is 416 g/mol. The number of carbonyl (C=O) groups excluding carboxylic acids is 1. The highest BCUT2D eigenvalue weighted by atomic mass is 35.5. The van der Waals surface area contributed by atoms with Crippen molar-refractivity contribution in [3.63, 3.8) is 0 Å². The van der Waals surface area contributed by atoms with Crippen molar-refractivity contribution in [3.05, 3.63) is 76.1 Å². The van der Waals surface area contributed by atoms with Gasteiger partial charge in [0.25, 0.3) is 0 Å². The van der Waals surface area contributed by atoms with E-state index in [9.17, 15) is 9.00 Å². The number of hydrogen-bond donors (Lipinski definition) is 1. The van der Waals surface area contributed by atoms with E-state index < -0.39 is 10.8 Å². The van der Waals surface area contributed by atoms with Crippen LogP contribution in [-0.2, 0) is 27.9 Å². The summed E-state index contributed by atoms with van der Waals surface area (Å²) in [7, 11) is -1.38. The van der Waals surface area contributed by atoms with Crippen LogP contribution in [0.4, 0.5) is 0 Å². The molecule has 1 aromatic heterocycles. The summed E-state index contributed by atoms with van der Waals surface area (Å²) >= 11 is 5.84. The van der Waals surface area contributed by atoms with Crippen molar-refractivity contribution in [1.82, 2.24) is 10.3 Å². The summed E-state index contributed by atoms with van der Waals surface area (Å²) in [6.07, 6.45) is 0. The van der Waals surface area contributed by atoms with E-state index in [-0.39, 0.29) is 17.4 Å². The second-order valence-corrected chi connectivity index (χ2v) is 8.42. The molecule has 7 heteroatoms. The Morgan fingerprint density at radius 2 is 1.93 bits per heavy atom. The Kier molecular flexibility index (Phi) is 6.65. The first-order valence-electron chi connectivity index (χ1n) is 8.80. The average Bonchev–Trinajstić information content (AvgIpc) is 3.01. The van der Waals surface area contributed by atoms with Crippen LogP contribution in [0.15, 0.2) is 52.9 Å². The van der Waals surface area contributed by atoms with Crippen molar-refractivity contribution in [2.45, 2.75) is 26.1 Å². The Morgan fingerprint density at radius 1 is 1.18 bits per heavy atom. The van der Waals surface area contributed by atoms with Gasteiger partial charge >= 0.3 is 0 Å². The van der Waals surface area contributed by atoms with Crippen LogP contribution in [0.5, 0.6) is 0 Å². The predicted molar refractivity (Wildman–Crippen MR) is 111 cm³/mol. The molecule has 0 bridgehead atoms. The zero-order valence-corrected chi connectivity index (χ0v) is 17.3. The molecule has 0 fully saturated rings. The fourth-order valence-corrected chi connectivity index (χ4v) is 3.86. The summed E-state index contributed by atoms with van der Waals surface area (Å²) in [5.41, 5.74) is 3.52. The maximum absolute atomic E-state index is 12.4. The van der Waals surface area contributed by atoms with E-state index in [1.807, 2.05) is 43.3 Å². The van der Waals surface area contributed by atoms with E-state index >= 15 is 0 Å². The van der Waals surface area contributed by atoms with Crippen molar-refractivity contribution in [2.75, 3.05) is 5.75 Å². The highest BCUT2D eigenvalue weighted by molar-refractivity contribution is 7.84. The van der Waals surface area contributed by atoms with Crippen LogP contribution in [0, 0.1) is 13.8 Å². The zero-order chi connectivity index (χ0) is 20.1. The maximum atomic E-state index is 12.4. The number of benzene rings is 2. The number of amides is 1. The minimum Gasteiger partial charge on any atom is -0.441 e. The van der Waals surface area contributed by atoms with Gasteiger partial charge in [-0.25, -0.2) is 4.98 Å². The third-order valence-electron chi connectivity index (χ3n) is 4.15. The first-order valence-corrected chi connectivity index (χ1v) is 10.7. The van der Waals surface area contributed by atoms with Crippen LogP contribution in [0.1, 0.15) is 22.6 Å². The van der Waals surface area contributed by atoms with E-state index in [0.717, 1.165) is 16.7 Å². The van der Waals surface area contributed by atoms with Crippen LogP contribution >= 0.6 is 11.6 Å². The lowest BCUT2D eigenvalue weighted by Gasteiger charge is -2.05. The van der Waals surface area contributed by atoms with Crippen LogP contribution in [0.3, 0.4) is 0 Å². The first-order chi connectivity index (χ1) is 13.4. The van der Waals surface area contributed by atoms with Gasteiger partial charge in [-0.2, -0.15) is 0 Å². The molecule has 2 aromatic carbocycles. The number of aromatic nitrogens is 1. The molecule has 3 aromatic rings. The van der Waals surface area contributed by atoms with Crippen molar-refractivity contribution < 1.29 is 13.4 Å². The highest BCUT2D eigenvalue weighted by Gasteiger charge is 2.16. The molecule has 0 radical (unpaired) electrons. The average molecular weight is 417 g/mol. The van der Waals surface area contributed by atoms with E-state index in [4.69, 9.17) is 16.0 Å². The van der Waals surface area contributed by atoms with Crippen molar-refractivity contribution >= 4 is 28.3 Å². The molecule has 3 rings (SSSR count).